The van der Waals surface area contributed by atoms with Gasteiger partial charge in [-0.2, -0.15) is 13.2 Å². The summed E-state index contributed by atoms with van der Waals surface area (Å²) in [5.41, 5.74) is 3.07. The van der Waals surface area contributed by atoms with Gasteiger partial charge in [0, 0.05) is 12.0 Å². The van der Waals surface area contributed by atoms with E-state index < -0.39 is 11.7 Å². The van der Waals surface area contributed by atoms with Crippen molar-refractivity contribution in [3.05, 3.63) is 64.7 Å². The number of benzene rings is 2. The standard InChI is InChI=1S/C25H30F3NO/c1-4-6-10-17(9-5-2)15-22-19-11-7-8-12-20(19)24(29(22)3)21-14-13-18(16-23(21)30)25(26,27)28/h7-8,11-14,16-17,24H,4-6,9-10,15H2,1-3H3/p+1. The van der Waals surface area contributed by atoms with Crippen LogP contribution in [0.5, 0.6) is 5.75 Å². The summed E-state index contributed by atoms with van der Waals surface area (Å²) in [4.78, 5) is 0. The molecule has 0 saturated heterocycles. The van der Waals surface area contributed by atoms with E-state index in [4.69, 9.17) is 0 Å². The first-order valence-corrected chi connectivity index (χ1v) is 10.9. The highest BCUT2D eigenvalue weighted by molar-refractivity contribution is 6.00. The highest BCUT2D eigenvalue weighted by Gasteiger charge is 2.40. The molecule has 5 heteroatoms. The van der Waals surface area contributed by atoms with E-state index in [1.807, 2.05) is 25.2 Å². The number of rotatable bonds is 8. The maximum atomic E-state index is 13.0. The Kier molecular flexibility index (Phi) is 6.89. The quantitative estimate of drug-likeness (QED) is 0.461. The minimum absolute atomic E-state index is 0.285. The molecule has 1 aliphatic rings. The average molecular weight is 419 g/mol. The van der Waals surface area contributed by atoms with E-state index in [1.165, 1.54) is 31.0 Å². The van der Waals surface area contributed by atoms with Gasteiger partial charge in [-0.25, -0.2) is 4.58 Å². The Bertz CT molecular complexity index is 917. The van der Waals surface area contributed by atoms with Crippen molar-refractivity contribution < 1.29 is 22.9 Å². The van der Waals surface area contributed by atoms with Gasteiger partial charge in [0.15, 0.2) is 5.71 Å². The van der Waals surface area contributed by atoms with E-state index in [0.29, 0.717) is 11.5 Å². The van der Waals surface area contributed by atoms with Crippen LogP contribution in [0.4, 0.5) is 13.2 Å². The van der Waals surface area contributed by atoms with Crippen molar-refractivity contribution in [3.63, 3.8) is 0 Å². The number of phenolic OH excluding ortho intramolecular Hbond substituents is 1. The van der Waals surface area contributed by atoms with Gasteiger partial charge in [-0.1, -0.05) is 57.7 Å². The van der Waals surface area contributed by atoms with Gasteiger partial charge in [0.1, 0.15) is 12.8 Å². The molecule has 1 N–H and O–H groups in total. The lowest BCUT2D eigenvalue weighted by atomic mass is 9.88. The highest BCUT2D eigenvalue weighted by atomic mass is 19.4. The van der Waals surface area contributed by atoms with Crippen LogP contribution in [0.2, 0.25) is 0 Å². The number of nitrogens with zero attached hydrogens (tertiary/aromatic N) is 1. The van der Waals surface area contributed by atoms with Gasteiger partial charge >= 0.3 is 6.18 Å². The second-order valence-corrected chi connectivity index (χ2v) is 8.32. The Morgan fingerprint density at radius 1 is 1.00 bits per heavy atom. The highest BCUT2D eigenvalue weighted by Crippen LogP contribution is 2.41. The fraction of sp³-hybridized carbons (Fsp3) is 0.480. The summed E-state index contributed by atoms with van der Waals surface area (Å²) in [5.74, 6) is 0.272. The number of alkyl halides is 3. The van der Waals surface area contributed by atoms with Crippen LogP contribution in [-0.4, -0.2) is 22.4 Å². The van der Waals surface area contributed by atoms with Gasteiger partial charge in [0.2, 0.25) is 6.04 Å². The molecule has 30 heavy (non-hydrogen) atoms. The van der Waals surface area contributed by atoms with Crippen LogP contribution in [0.15, 0.2) is 42.5 Å². The SMILES string of the molecule is CCCCC(CCC)CC1=[N+](C)C(c2ccc(C(F)(F)F)cc2O)c2ccccc21. The summed E-state index contributed by atoms with van der Waals surface area (Å²) in [5, 5.41) is 10.5. The number of hydrogen-bond donors (Lipinski definition) is 1. The van der Waals surface area contributed by atoms with Crippen LogP contribution in [0.1, 0.15) is 80.7 Å². The minimum Gasteiger partial charge on any atom is -0.507 e. The predicted octanol–water partition coefficient (Wildman–Crippen LogP) is 6.94. The lowest BCUT2D eigenvalue weighted by molar-refractivity contribution is -0.529. The largest absolute Gasteiger partial charge is 0.507 e. The zero-order chi connectivity index (χ0) is 21.9. The number of aromatic hydroxyl groups is 1. The molecule has 2 atom stereocenters. The maximum Gasteiger partial charge on any atom is 0.416 e. The zero-order valence-corrected chi connectivity index (χ0v) is 18.0. The van der Waals surface area contributed by atoms with Gasteiger partial charge in [-0.3, -0.25) is 0 Å². The first kappa shape index (κ1) is 22.4. The van der Waals surface area contributed by atoms with Crippen molar-refractivity contribution in [2.75, 3.05) is 7.05 Å². The molecule has 2 aromatic rings. The summed E-state index contributed by atoms with van der Waals surface area (Å²) in [6, 6.07) is 11.1. The molecular weight excluding hydrogens is 387 g/mol. The van der Waals surface area contributed by atoms with E-state index in [1.54, 1.807) is 0 Å². The Labute approximate surface area is 177 Å². The van der Waals surface area contributed by atoms with Crippen LogP contribution in [0, 0.1) is 5.92 Å². The predicted molar refractivity (Wildman–Crippen MR) is 114 cm³/mol. The van der Waals surface area contributed by atoms with Gasteiger partial charge in [-0.05, 0) is 36.6 Å². The van der Waals surface area contributed by atoms with Crippen molar-refractivity contribution in [2.24, 2.45) is 5.92 Å². The third kappa shape index (κ3) is 4.55. The molecule has 0 saturated carbocycles. The van der Waals surface area contributed by atoms with Crippen LogP contribution in [0.3, 0.4) is 0 Å². The fourth-order valence-corrected chi connectivity index (χ4v) is 4.66. The van der Waals surface area contributed by atoms with Crippen molar-refractivity contribution >= 4 is 5.71 Å². The molecule has 0 amide bonds. The van der Waals surface area contributed by atoms with Gasteiger partial charge in [0.25, 0.3) is 0 Å². The third-order valence-electron chi connectivity index (χ3n) is 6.18. The Hall–Kier alpha value is -2.30. The molecule has 2 aromatic carbocycles. The van der Waals surface area contributed by atoms with Crippen LogP contribution >= 0.6 is 0 Å². The summed E-state index contributed by atoms with van der Waals surface area (Å²) in [6.45, 7) is 4.41. The third-order valence-corrected chi connectivity index (χ3v) is 6.18. The summed E-state index contributed by atoms with van der Waals surface area (Å²) in [7, 11) is 1.99. The zero-order valence-electron chi connectivity index (χ0n) is 18.0. The Morgan fingerprint density at radius 3 is 2.37 bits per heavy atom. The molecule has 1 aliphatic heterocycles. The molecule has 0 aromatic heterocycles. The monoisotopic (exact) mass is 418 g/mol. The second-order valence-electron chi connectivity index (χ2n) is 8.32. The molecule has 0 fully saturated rings. The number of halogens is 3. The summed E-state index contributed by atoms with van der Waals surface area (Å²) in [6.07, 6.45) is 2.32. The molecular formula is C25H31F3NO+. The lowest BCUT2D eigenvalue weighted by Gasteiger charge is -2.16. The molecule has 0 aliphatic carbocycles. The first-order chi connectivity index (χ1) is 14.3. The van der Waals surface area contributed by atoms with E-state index in [0.717, 1.165) is 42.5 Å². The number of unbranched alkanes of at least 4 members (excludes halogenated alkanes) is 1. The molecule has 2 nitrogen and oxygen atoms in total. The van der Waals surface area contributed by atoms with E-state index in [9.17, 15) is 18.3 Å². The van der Waals surface area contributed by atoms with Crippen molar-refractivity contribution in [2.45, 2.75) is 64.6 Å². The van der Waals surface area contributed by atoms with Crippen molar-refractivity contribution in [1.82, 2.24) is 0 Å². The smallest absolute Gasteiger partial charge is 0.416 e. The minimum atomic E-state index is -4.47. The van der Waals surface area contributed by atoms with E-state index >= 15 is 0 Å². The van der Waals surface area contributed by atoms with Crippen LogP contribution < -0.4 is 0 Å². The van der Waals surface area contributed by atoms with Crippen LogP contribution in [0.25, 0.3) is 0 Å². The first-order valence-electron chi connectivity index (χ1n) is 10.9. The fourth-order valence-electron chi connectivity index (χ4n) is 4.66. The molecule has 162 valence electrons. The molecule has 1 heterocycles. The van der Waals surface area contributed by atoms with E-state index in [2.05, 4.69) is 24.5 Å². The maximum absolute atomic E-state index is 13.0. The Balaban J connectivity index is 2.01. The lowest BCUT2D eigenvalue weighted by Crippen LogP contribution is -2.19. The molecule has 0 spiro atoms. The van der Waals surface area contributed by atoms with Crippen LogP contribution in [-0.2, 0) is 6.18 Å². The molecule has 0 radical (unpaired) electrons. The summed E-state index contributed by atoms with van der Waals surface area (Å²) >= 11 is 0. The number of phenols is 1. The second kappa shape index (κ2) is 9.23. The number of fused-ring (bicyclic) bond motifs is 1. The normalized spacial score (nSPS) is 17.3. The van der Waals surface area contributed by atoms with Gasteiger partial charge in [-0.15, -0.1) is 0 Å². The molecule has 2 unspecified atom stereocenters. The molecule has 0 bridgehead atoms. The summed E-state index contributed by atoms with van der Waals surface area (Å²) < 4.78 is 41.3. The van der Waals surface area contributed by atoms with E-state index in [-0.39, 0.29) is 11.8 Å². The topological polar surface area (TPSA) is 23.2 Å². The Morgan fingerprint density at radius 2 is 1.73 bits per heavy atom. The van der Waals surface area contributed by atoms with Gasteiger partial charge < -0.3 is 5.11 Å². The van der Waals surface area contributed by atoms with Crippen molar-refractivity contribution in [3.8, 4) is 5.75 Å². The average Bonchev–Trinajstić information content (AvgIpc) is 2.97. The van der Waals surface area contributed by atoms with Gasteiger partial charge in [0.05, 0.1) is 16.7 Å². The molecule has 3 rings (SSSR count). The van der Waals surface area contributed by atoms with Crippen molar-refractivity contribution in [1.29, 1.82) is 0 Å². The number of hydrogen-bond acceptors (Lipinski definition) is 1.